The average molecular weight is 423 g/mol. The van der Waals surface area contributed by atoms with Crippen LogP contribution in [0.2, 0.25) is 0 Å². The van der Waals surface area contributed by atoms with Crippen LogP contribution in [0.3, 0.4) is 0 Å². The van der Waals surface area contributed by atoms with E-state index >= 15 is 0 Å². The highest BCUT2D eigenvalue weighted by Crippen LogP contribution is 2.21. The molecule has 0 unspecified atom stereocenters. The molecule has 0 atom stereocenters. The number of alkyl halides is 1. The van der Waals surface area contributed by atoms with Crippen molar-refractivity contribution in [2.45, 2.75) is 26.2 Å². The molecule has 0 spiro atoms. The molecule has 0 aromatic heterocycles. The number of halogens is 2. The van der Waals surface area contributed by atoms with Crippen LogP contribution in [-0.4, -0.2) is 19.9 Å². The number of unbranched alkanes of at least 4 members (excludes halogenated alkanes) is 1. The average Bonchev–Trinajstić information content (AvgIpc) is 2.80. The van der Waals surface area contributed by atoms with Crippen LogP contribution in [0.4, 0.5) is 9.09 Å². The van der Waals surface area contributed by atoms with Gasteiger partial charge in [0.2, 0.25) is 0 Å². The maximum Gasteiger partial charge on any atom is 0.119 e. The number of hydrogen-bond donors (Lipinski definition) is 0. The lowest BCUT2D eigenvalue weighted by Gasteiger charge is -2.06. The summed E-state index contributed by atoms with van der Waals surface area (Å²) in [6.07, 6.45) is 2.74. The van der Waals surface area contributed by atoms with E-state index in [1.165, 1.54) is 22.6 Å². The van der Waals surface area contributed by atoms with Crippen LogP contribution in [0.15, 0.2) is 84.9 Å². The van der Waals surface area contributed by atoms with E-state index < -0.39 is 0 Å². The molecule has 0 radical (unpaired) electrons. The highest BCUT2D eigenvalue weighted by atomic mass is 18.2. The quantitative estimate of drug-likeness (QED) is 0.270. The van der Waals surface area contributed by atoms with Gasteiger partial charge in [0.15, 0.2) is 0 Å². The van der Waals surface area contributed by atoms with Gasteiger partial charge in [-0.1, -0.05) is 74.0 Å². The summed E-state index contributed by atoms with van der Waals surface area (Å²) < 4.78 is 22.9. The van der Waals surface area contributed by atoms with Gasteiger partial charge in [-0.3, -0.25) is 9.09 Å². The molecule has 164 valence electrons. The molecule has 0 amide bonds. The molecule has 0 aliphatic carbocycles. The largest absolute Gasteiger partial charge is 0.494 e. The molecule has 0 aliphatic heterocycles. The molecule has 4 aromatic carbocycles. The Morgan fingerprint density at radius 2 is 1.06 bits per heavy atom. The molecule has 0 aliphatic rings. The van der Waals surface area contributed by atoms with E-state index in [2.05, 4.69) is 49.4 Å². The van der Waals surface area contributed by atoms with Gasteiger partial charge >= 0.3 is 0 Å². The normalized spacial score (nSPS) is 10.1. The van der Waals surface area contributed by atoms with Crippen molar-refractivity contribution >= 4 is 21.5 Å². The second-order valence-electron chi connectivity index (χ2n) is 7.11. The SMILES string of the molecule is CCCCOc1ccc2ccccc2c1.[18FH].[18F]CCCOc1ccc2ccccc2c1. The van der Waals surface area contributed by atoms with Crippen LogP contribution in [0.5, 0.6) is 11.5 Å². The molecular formula is C27H30F2O2. The smallest absolute Gasteiger partial charge is 0.119 e. The van der Waals surface area contributed by atoms with Crippen LogP contribution in [0, 0.1) is 0 Å². The fraction of sp³-hybridized carbons (Fsp3) is 0.259. The Morgan fingerprint density at radius 3 is 1.52 bits per heavy atom. The molecule has 0 saturated heterocycles. The van der Waals surface area contributed by atoms with Crippen molar-refractivity contribution in [1.82, 2.24) is 0 Å². The van der Waals surface area contributed by atoms with Crippen LogP contribution >= 0.6 is 0 Å². The first kappa shape index (κ1) is 24.1. The lowest BCUT2D eigenvalue weighted by Crippen LogP contribution is -1.97. The highest BCUT2D eigenvalue weighted by molar-refractivity contribution is 5.84. The molecule has 0 bridgehead atoms. The maximum atomic E-state index is 11.9. The van der Waals surface area contributed by atoms with Crippen LogP contribution in [0.25, 0.3) is 21.5 Å². The van der Waals surface area contributed by atoms with E-state index in [0.29, 0.717) is 13.0 Å². The van der Waals surface area contributed by atoms with Gasteiger partial charge in [-0.25, -0.2) is 0 Å². The summed E-state index contributed by atoms with van der Waals surface area (Å²) in [6.45, 7) is 3.10. The maximum absolute atomic E-state index is 11.9. The Labute approximate surface area is 183 Å². The zero-order valence-corrected chi connectivity index (χ0v) is 17.9. The highest BCUT2D eigenvalue weighted by Gasteiger charge is 1.97. The Hall–Kier alpha value is -3.14. The molecule has 2 nitrogen and oxygen atoms in total. The Kier molecular flexibility index (Phi) is 10.3. The summed E-state index contributed by atoms with van der Waals surface area (Å²) in [5.74, 6) is 1.78. The number of hydrogen-bond acceptors (Lipinski definition) is 2. The summed E-state index contributed by atoms with van der Waals surface area (Å²) in [6, 6.07) is 28.6. The first-order chi connectivity index (χ1) is 14.8. The first-order valence-corrected chi connectivity index (χ1v) is 10.6. The van der Waals surface area contributed by atoms with Gasteiger partial charge in [0, 0.05) is 6.42 Å². The van der Waals surface area contributed by atoms with Crippen molar-refractivity contribution < 1.29 is 18.6 Å². The second-order valence-corrected chi connectivity index (χ2v) is 7.11. The summed E-state index contributed by atoms with van der Waals surface area (Å²) >= 11 is 0. The second kappa shape index (κ2) is 13.2. The molecule has 0 N–H and O–H groups in total. The topological polar surface area (TPSA) is 18.5 Å². The van der Waals surface area contributed by atoms with Crippen molar-refractivity contribution in [2.24, 2.45) is 0 Å². The van der Waals surface area contributed by atoms with Crippen molar-refractivity contribution in [1.29, 1.82) is 0 Å². The Morgan fingerprint density at radius 1 is 0.613 bits per heavy atom. The van der Waals surface area contributed by atoms with Gasteiger partial charge in [-0.2, -0.15) is 0 Å². The zero-order chi connectivity index (χ0) is 21.0. The van der Waals surface area contributed by atoms with Gasteiger partial charge in [-0.15, -0.1) is 0 Å². The van der Waals surface area contributed by atoms with Gasteiger partial charge in [0.05, 0.1) is 19.9 Å². The van der Waals surface area contributed by atoms with E-state index in [4.69, 9.17) is 9.47 Å². The summed E-state index contributed by atoms with van der Waals surface area (Å²) in [5, 5.41) is 4.84. The molecule has 4 heteroatoms. The monoisotopic (exact) mass is 422 g/mol. The van der Waals surface area contributed by atoms with Gasteiger partial charge < -0.3 is 9.47 Å². The summed E-state index contributed by atoms with van der Waals surface area (Å²) in [5.41, 5.74) is 0. The molecule has 0 fully saturated rings. The summed E-state index contributed by atoms with van der Waals surface area (Å²) in [7, 11) is 0. The van der Waals surface area contributed by atoms with Crippen molar-refractivity contribution in [2.75, 3.05) is 19.9 Å². The zero-order valence-electron chi connectivity index (χ0n) is 17.9. The van der Waals surface area contributed by atoms with E-state index in [9.17, 15) is 4.39 Å². The van der Waals surface area contributed by atoms with Crippen molar-refractivity contribution in [3.05, 3.63) is 84.9 Å². The van der Waals surface area contributed by atoms with Crippen LogP contribution in [0.1, 0.15) is 26.2 Å². The third-order valence-corrected chi connectivity index (χ3v) is 4.76. The third kappa shape index (κ3) is 7.56. The van der Waals surface area contributed by atoms with Gasteiger partial charge in [-0.05, 0) is 52.2 Å². The number of rotatable bonds is 8. The molecule has 0 heterocycles. The molecule has 31 heavy (non-hydrogen) atoms. The molecule has 4 aromatic rings. The van der Waals surface area contributed by atoms with Crippen LogP contribution < -0.4 is 9.47 Å². The Balaban J connectivity index is 0.000000213. The lowest BCUT2D eigenvalue weighted by molar-refractivity contribution is 0.290. The van der Waals surface area contributed by atoms with E-state index in [1.54, 1.807) is 0 Å². The third-order valence-electron chi connectivity index (χ3n) is 4.76. The van der Waals surface area contributed by atoms with E-state index in [1.807, 2.05) is 42.5 Å². The minimum Gasteiger partial charge on any atom is -0.494 e. The lowest BCUT2D eigenvalue weighted by atomic mass is 10.1. The van der Waals surface area contributed by atoms with E-state index in [-0.39, 0.29) is 11.4 Å². The van der Waals surface area contributed by atoms with Gasteiger partial charge in [0.25, 0.3) is 0 Å². The fourth-order valence-electron chi connectivity index (χ4n) is 3.09. The first-order valence-electron chi connectivity index (χ1n) is 10.6. The number of fused-ring (bicyclic) bond motifs is 2. The molecule has 4 rings (SSSR count). The Bertz CT molecular complexity index is 964. The standard InChI is InChI=1S/C14H16O.C13H13FO.FH/c1-2-3-10-15-14-9-8-12-6-4-5-7-13(12)11-14;14-8-3-9-15-13-7-6-11-4-1-2-5-12(11)10-13;/h4-9,11H,2-3,10H2,1H3;1-2,4-7,10H,3,8-9H2;1H/i;14-1;1-1. The summed E-state index contributed by atoms with van der Waals surface area (Å²) in [4.78, 5) is 0. The molecule has 0 saturated carbocycles. The molecular weight excluding hydrogens is 392 g/mol. The minimum absolute atomic E-state index is 0. The number of ether oxygens (including phenoxy) is 2. The van der Waals surface area contributed by atoms with Crippen LogP contribution in [-0.2, 0) is 0 Å². The van der Waals surface area contributed by atoms with Crippen molar-refractivity contribution in [3.63, 3.8) is 0 Å². The fourth-order valence-corrected chi connectivity index (χ4v) is 3.09. The van der Waals surface area contributed by atoms with Gasteiger partial charge in [0.1, 0.15) is 11.5 Å². The predicted molar refractivity (Wildman–Crippen MR) is 127 cm³/mol. The number of benzene rings is 4. The predicted octanol–water partition coefficient (Wildman–Crippen LogP) is 7.75. The van der Waals surface area contributed by atoms with Crippen molar-refractivity contribution in [3.8, 4) is 11.5 Å². The van der Waals surface area contributed by atoms with E-state index in [0.717, 1.165) is 29.9 Å². The minimum atomic E-state index is -0.326.